The third-order valence-corrected chi connectivity index (χ3v) is 3.25. The van der Waals surface area contributed by atoms with Crippen LogP contribution in [0.5, 0.6) is 0 Å². The molecule has 1 N–H and O–H groups in total. The number of piperidine rings is 1. The van der Waals surface area contributed by atoms with Gasteiger partial charge < -0.3 is 10.2 Å². The van der Waals surface area contributed by atoms with Gasteiger partial charge in [0.25, 0.3) is 0 Å². The van der Waals surface area contributed by atoms with Crippen LogP contribution in [0.3, 0.4) is 0 Å². The predicted molar refractivity (Wildman–Crippen MR) is 67.4 cm³/mol. The van der Waals surface area contributed by atoms with Crippen LogP contribution in [-0.2, 0) is 9.59 Å². The Morgan fingerprint density at radius 2 is 1.94 bits per heavy atom. The smallest absolute Gasteiger partial charge is 0.249 e. The largest absolute Gasteiger partial charge is 0.359 e. The molecule has 0 spiro atoms. The van der Waals surface area contributed by atoms with Crippen LogP contribution in [0.4, 0.5) is 0 Å². The van der Waals surface area contributed by atoms with Crippen LogP contribution in [0.2, 0.25) is 0 Å². The number of hydrogen-bond acceptors (Lipinski definition) is 2. The standard InChI is InChI=1S/C13H22N2O2/c1-4-5-10(2)13(17)15-8-6-11(7-9-15)12(16)14-3/h5,11H,4,6-9H2,1-3H3,(H,14,16). The van der Waals surface area contributed by atoms with Crippen LogP contribution in [0, 0.1) is 5.92 Å². The fourth-order valence-corrected chi connectivity index (χ4v) is 2.19. The Bertz CT molecular complexity index is 315. The van der Waals surface area contributed by atoms with E-state index < -0.39 is 0 Å². The second-order valence-corrected chi connectivity index (χ2v) is 4.48. The Labute approximate surface area is 103 Å². The predicted octanol–water partition coefficient (Wildman–Crippen LogP) is 1.33. The first-order valence-electron chi connectivity index (χ1n) is 6.27. The van der Waals surface area contributed by atoms with E-state index in [1.165, 1.54) is 0 Å². The molecule has 1 rings (SSSR count). The van der Waals surface area contributed by atoms with Gasteiger partial charge in [-0.1, -0.05) is 13.0 Å². The molecular formula is C13H22N2O2. The van der Waals surface area contributed by atoms with E-state index in [1.54, 1.807) is 7.05 Å². The average molecular weight is 238 g/mol. The molecule has 1 saturated heterocycles. The number of amides is 2. The summed E-state index contributed by atoms with van der Waals surface area (Å²) in [6.45, 7) is 5.25. The maximum atomic E-state index is 12.0. The minimum atomic E-state index is 0.0690. The molecule has 0 aromatic heterocycles. The van der Waals surface area contributed by atoms with E-state index in [0.29, 0.717) is 13.1 Å². The Balaban J connectivity index is 2.49. The summed E-state index contributed by atoms with van der Waals surface area (Å²) < 4.78 is 0. The van der Waals surface area contributed by atoms with Crippen LogP contribution >= 0.6 is 0 Å². The Kier molecular flexibility index (Phi) is 5.19. The summed E-state index contributed by atoms with van der Waals surface area (Å²) in [6, 6.07) is 0. The highest BCUT2D eigenvalue weighted by Crippen LogP contribution is 2.18. The summed E-state index contributed by atoms with van der Waals surface area (Å²) in [6.07, 6.45) is 4.37. The maximum absolute atomic E-state index is 12.0. The van der Waals surface area contributed by atoms with Gasteiger partial charge in [0.2, 0.25) is 11.8 Å². The summed E-state index contributed by atoms with van der Waals surface area (Å²) in [5.41, 5.74) is 0.811. The summed E-state index contributed by atoms with van der Waals surface area (Å²) in [5.74, 6) is 0.277. The molecule has 1 aliphatic rings. The van der Waals surface area contributed by atoms with Crippen molar-refractivity contribution in [3.8, 4) is 0 Å². The van der Waals surface area contributed by atoms with Crippen LogP contribution < -0.4 is 5.32 Å². The van der Waals surface area contributed by atoms with Gasteiger partial charge in [0, 0.05) is 31.6 Å². The summed E-state index contributed by atoms with van der Waals surface area (Å²) in [5, 5.41) is 2.67. The first kappa shape index (κ1) is 13.7. The van der Waals surface area contributed by atoms with Crippen molar-refractivity contribution in [3.63, 3.8) is 0 Å². The number of hydrogen-bond donors (Lipinski definition) is 1. The highest BCUT2D eigenvalue weighted by Gasteiger charge is 2.26. The zero-order valence-corrected chi connectivity index (χ0v) is 11.0. The molecule has 1 fully saturated rings. The lowest BCUT2D eigenvalue weighted by atomic mass is 9.95. The van der Waals surface area contributed by atoms with Gasteiger partial charge in [-0.3, -0.25) is 9.59 Å². The summed E-state index contributed by atoms with van der Waals surface area (Å²) in [4.78, 5) is 25.3. The summed E-state index contributed by atoms with van der Waals surface area (Å²) in [7, 11) is 1.66. The second kappa shape index (κ2) is 6.42. The van der Waals surface area contributed by atoms with Crippen molar-refractivity contribution in [1.29, 1.82) is 0 Å². The zero-order chi connectivity index (χ0) is 12.8. The minimum Gasteiger partial charge on any atom is -0.359 e. The van der Waals surface area contributed by atoms with Gasteiger partial charge in [0.05, 0.1) is 0 Å². The fraction of sp³-hybridized carbons (Fsp3) is 0.692. The minimum absolute atomic E-state index is 0.0690. The Morgan fingerprint density at radius 1 is 1.35 bits per heavy atom. The van der Waals surface area contributed by atoms with Crippen LogP contribution in [0.1, 0.15) is 33.1 Å². The van der Waals surface area contributed by atoms with Gasteiger partial charge in [-0.2, -0.15) is 0 Å². The molecule has 0 atom stereocenters. The van der Waals surface area contributed by atoms with Crippen molar-refractivity contribution in [3.05, 3.63) is 11.6 Å². The van der Waals surface area contributed by atoms with Crippen LogP contribution in [0.15, 0.2) is 11.6 Å². The molecule has 1 heterocycles. The highest BCUT2D eigenvalue weighted by atomic mass is 16.2. The fourth-order valence-electron chi connectivity index (χ4n) is 2.19. The molecule has 2 amide bonds. The first-order valence-corrected chi connectivity index (χ1v) is 6.27. The lowest BCUT2D eigenvalue weighted by molar-refractivity contribution is -0.132. The number of nitrogens with one attached hydrogen (secondary N) is 1. The quantitative estimate of drug-likeness (QED) is 0.754. The molecule has 4 nitrogen and oxygen atoms in total. The van der Waals surface area contributed by atoms with Crippen molar-refractivity contribution in [1.82, 2.24) is 10.2 Å². The molecule has 0 radical (unpaired) electrons. The van der Waals surface area contributed by atoms with E-state index in [4.69, 9.17) is 0 Å². The van der Waals surface area contributed by atoms with Crippen molar-refractivity contribution in [2.45, 2.75) is 33.1 Å². The number of likely N-dealkylation sites (tertiary alicyclic amines) is 1. The Morgan fingerprint density at radius 3 is 2.41 bits per heavy atom. The van der Waals surface area contributed by atoms with E-state index in [0.717, 1.165) is 24.8 Å². The second-order valence-electron chi connectivity index (χ2n) is 4.48. The molecule has 17 heavy (non-hydrogen) atoms. The summed E-state index contributed by atoms with van der Waals surface area (Å²) >= 11 is 0. The molecule has 0 aliphatic carbocycles. The number of carbonyl (C=O) groups excluding carboxylic acids is 2. The molecule has 0 bridgehead atoms. The molecule has 0 saturated carbocycles. The molecule has 0 aromatic rings. The molecule has 4 heteroatoms. The number of carbonyl (C=O) groups is 2. The van der Waals surface area contributed by atoms with E-state index in [1.807, 2.05) is 24.8 Å². The highest BCUT2D eigenvalue weighted by molar-refractivity contribution is 5.93. The Hall–Kier alpha value is -1.32. The molecule has 96 valence electrons. The topological polar surface area (TPSA) is 49.4 Å². The van der Waals surface area contributed by atoms with Gasteiger partial charge in [0.1, 0.15) is 0 Å². The van der Waals surface area contributed by atoms with Crippen molar-refractivity contribution < 1.29 is 9.59 Å². The van der Waals surface area contributed by atoms with Gasteiger partial charge in [0.15, 0.2) is 0 Å². The lowest BCUT2D eigenvalue weighted by Gasteiger charge is -2.31. The third kappa shape index (κ3) is 3.58. The number of nitrogens with zero attached hydrogens (tertiary/aromatic N) is 1. The van der Waals surface area contributed by atoms with Crippen molar-refractivity contribution in [2.75, 3.05) is 20.1 Å². The van der Waals surface area contributed by atoms with E-state index in [9.17, 15) is 9.59 Å². The van der Waals surface area contributed by atoms with Gasteiger partial charge in [-0.15, -0.1) is 0 Å². The average Bonchev–Trinajstić information content (AvgIpc) is 2.37. The van der Waals surface area contributed by atoms with E-state index >= 15 is 0 Å². The van der Waals surface area contributed by atoms with E-state index in [2.05, 4.69) is 5.32 Å². The van der Waals surface area contributed by atoms with E-state index in [-0.39, 0.29) is 17.7 Å². The maximum Gasteiger partial charge on any atom is 0.249 e. The van der Waals surface area contributed by atoms with Crippen LogP contribution in [-0.4, -0.2) is 36.9 Å². The zero-order valence-electron chi connectivity index (χ0n) is 11.0. The monoisotopic (exact) mass is 238 g/mol. The first-order chi connectivity index (χ1) is 8.10. The van der Waals surface area contributed by atoms with Gasteiger partial charge >= 0.3 is 0 Å². The molecule has 1 aliphatic heterocycles. The van der Waals surface area contributed by atoms with Crippen LogP contribution in [0.25, 0.3) is 0 Å². The van der Waals surface area contributed by atoms with Crippen molar-refractivity contribution >= 4 is 11.8 Å². The number of allylic oxidation sites excluding steroid dienone is 1. The third-order valence-electron chi connectivity index (χ3n) is 3.25. The van der Waals surface area contributed by atoms with Crippen molar-refractivity contribution in [2.24, 2.45) is 5.92 Å². The van der Waals surface area contributed by atoms with Gasteiger partial charge in [-0.25, -0.2) is 0 Å². The SMILES string of the molecule is CCC=C(C)C(=O)N1CCC(C(=O)NC)CC1. The van der Waals surface area contributed by atoms with Gasteiger partial charge in [-0.05, 0) is 26.2 Å². The molecule has 0 unspecified atom stereocenters. The normalized spacial score (nSPS) is 18.1. The molecule has 0 aromatic carbocycles. The molecular weight excluding hydrogens is 216 g/mol. The lowest BCUT2D eigenvalue weighted by Crippen LogP contribution is -2.42. The number of rotatable bonds is 3.